The SMILES string of the molecule is C=CCn1c(S[C@@H](C)C(=O)c2ccc(Cl)cc2)nnc1-c1ccccc1OC. The summed E-state index contributed by atoms with van der Waals surface area (Å²) in [5, 5.41) is 9.58. The maximum absolute atomic E-state index is 12.7. The summed E-state index contributed by atoms with van der Waals surface area (Å²) in [6.45, 7) is 6.20. The molecule has 0 saturated carbocycles. The molecule has 3 aromatic rings. The van der Waals surface area contributed by atoms with Gasteiger partial charge in [0.15, 0.2) is 16.8 Å². The van der Waals surface area contributed by atoms with E-state index in [2.05, 4.69) is 16.8 Å². The van der Waals surface area contributed by atoms with Crippen molar-refractivity contribution in [1.29, 1.82) is 0 Å². The van der Waals surface area contributed by atoms with Crippen molar-refractivity contribution in [3.63, 3.8) is 0 Å². The number of para-hydroxylation sites is 1. The lowest BCUT2D eigenvalue weighted by Crippen LogP contribution is -2.14. The zero-order valence-electron chi connectivity index (χ0n) is 15.6. The summed E-state index contributed by atoms with van der Waals surface area (Å²) in [4.78, 5) is 12.7. The molecule has 0 amide bonds. The molecule has 28 heavy (non-hydrogen) atoms. The van der Waals surface area contributed by atoms with Gasteiger partial charge in [-0.2, -0.15) is 0 Å². The molecule has 5 nitrogen and oxygen atoms in total. The van der Waals surface area contributed by atoms with Crippen LogP contribution >= 0.6 is 23.4 Å². The van der Waals surface area contributed by atoms with Gasteiger partial charge in [-0.05, 0) is 43.3 Å². The minimum Gasteiger partial charge on any atom is -0.496 e. The van der Waals surface area contributed by atoms with E-state index in [0.29, 0.717) is 33.9 Å². The van der Waals surface area contributed by atoms with Crippen LogP contribution in [-0.2, 0) is 6.54 Å². The molecule has 0 fully saturated rings. The fourth-order valence-electron chi connectivity index (χ4n) is 2.76. The van der Waals surface area contributed by atoms with Crippen LogP contribution in [0.15, 0.2) is 66.3 Å². The number of hydrogen-bond acceptors (Lipinski definition) is 5. The van der Waals surface area contributed by atoms with E-state index in [0.717, 1.165) is 5.56 Å². The van der Waals surface area contributed by atoms with Gasteiger partial charge in [-0.1, -0.05) is 41.6 Å². The first-order valence-electron chi connectivity index (χ1n) is 8.69. The van der Waals surface area contributed by atoms with Crippen molar-refractivity contribution in [3.05, 3.63) is 71.8 Å². The highest BCUT2D eigenvalue weighted by atomic mass is 35.5. The van der Waals surface area contributed by atoms with Crippen molar-refractivity contribution < 1.29 is 9.53 Å². The molecule has 0 aliphatic carbocycles. The monoisotopic (exact) mass is 413 g/mol. The second-order valence-electron chi connectivity index (χ2n) is 6.04. The third-order valence-electron chi connectivity index (χ3n) is 4.16. The second kappa shape index (κ2) is 9.08. The van der Waals surface area contributed by atoms with E-state index in [9.17, 15) is 4.79 Å². The molecular formula is C21H20ClN3O2S. The molecule has 144 valence electrons. The highest BCUT2D eigenvalue weighted by molar-refractivity contribution is 8.00. The Balaban J connectivity index is 1.90. The van der Waals surface area contributed by atoms with Gasteiger partial charge in [0.2, 0.25) is 0 Å². The Labute approximate surface area is 173 Å². The van der Waals surface area contributed by atoms with E-state index in [-0.39, 0.29) is 11.0 Å². The number of aromatic nitrogens is 3. The molecule has 1 heterocycles. The molecule has 7 heteroatoms. The molecule has 0 bridgehead atoms. The summed E-state index contributed by atoms with van der Waals surface area (Å²) in [7, 11) is 1.62. The maximum atomic E-state index is 12.7. The standard InChI is InChI=1S/C21H20ClN3O2S/c1-4-13-25-20(17-7-5-6-8-18(17)27-3)23-24-21(25)28-14(2)19(26)15-9-11-16(22)12-10-15/h4-12,14H,1,13H2,2-3H3/t14-/m0/s1. The zero-order chi connectivity index (χ0) is 20.1. The summed E-state index contributed by atoms with van der Waals surface area (Å²) >= 11 is 7.27. The van der Waals surface area contributed by atoms with Gasteiger partial charge in [-0.3, -0.25) is 9.36 Å². The van der Waals surface area contributed by atoms with Crippen molar-refractivity contribution in [2.45, 2.75) is 23.9 Å². The Morgan fingerprint density at radius 2 is 1.96 bits per heavy atom. The number of carbonyl (C=O) groups is 1. The summed E-state index contributed by atoms with van der Waals surface area (Å²) < 4.78 is 7.38. The van der Waals surface area contributed by atoms with Gasteiger partial charge in [0.1, 0.15) is 5.75 Å². The van der Waals surface area contributed by atoms with Crippen LogP contribution in [0, 0.1) is 0 Å². The molecule has 0 aliphatic rings. The van der Waals surface area contributed by atoms with Crippen LogP contribution in [0.4, 0.5) is 0 Å². The van der Waals surface area contributed by atoms with Crippen LogP contribution in [0.2, 0.25) is 5.02 Å². The molecular weight excluding hydrogens is 394 g/mol. The van der Waals surface area contributed by atoms with Gasteiger partial charge in [-0.15, -0.1) is 16.8 Å². The number of ether oxygens (including phenoxy) is 1. The summed E-state index contributed by atoms with van der Waals surface area (Å²) in [6.07, 6.45) is 1.78. The van der Waals surface area contributed by atoms with E-state index in [4.69, 9.17) is 16.3 Å². The van der Waals surface area contributed by atoms with Gasteiger partial charge in [0.25, 0.3) is 0 Å². The average Bonchev–Trinajstić information content (AvgIpc) is 3.10. The first-order valence-corrected chi connectivity index (χ1v) is 9.94. The van der Waals surface area contributed by atoms with Gasteiger partial charge in [0.05, 0.1) is 17.9 Å². The first-order chi connectivity index (χ1) is 13.5. The largest absolute Gasteiger partial charge is 0.496 e. The van der Waals surface area contributed by atoms with Gasteiger partial charge >= 0.3 is 0 Å². The molecule has 2 aromatic carbocycles. The second-order valence-corrected chi connectivity index (χ2v) is 7.78. The minimum absolute atomic E-state index is 0.00802. The number of carbonyl (C=O) groups excluding carboxylic acids is 1. The summed E-state index contributed by atoms with van der Waals surface area (Å²) in [5.74, 6) is 1.39. The van der Waals surface area contributed by atoms with Gasteiger partial charge in [0, 0.05) is 17.1 Å². The Morgan fingerprint density at radius 3 is 2.64 bits per heavy atom. The van der Waals surface area contributed by atoms with Crippen LogP contribution in [0.5, 0.6) is 5.75 Å². The van der Waals surface area contributed by atoms with Crippen LogP contribution in [0.25, 0.3) is 11.4 Å². The number of hydrogen-bond donors (Lipinski definition) is 0. The highest BCUT2D eigenvalue weighted by Crippen LogP contribution is 2.32. The Bertz CT molecular complexity index is 986. The van der Waals surface area contributed by atoms with E-state index in [1.54, 1.807) is 37.5 Å². The normalized spacial score (nSPS) is 11.8. The predicted octanol–water partition coefficient (Wildman–Crippen LogP) is 5.16. The maximum Gasteiger partial charge on any atom is 0.192 e. The van der Waals surface area contributed by atoms with Crippen LogP contribution in [-0.4, -0.2) is 32.9 Å². The van der Waals surface area contributed by atoms with E-state index < -0.39 is 0 Å². The highest BCUT2D eigenvalue weighted by Gasteiger charge is 2.22. The van der Waals surface area contributed by atoms with Crippen LogP contribution in [0.1, 0.15) is 17.3 Å². The number of rotatable bonds is 8. The predicted molar refractivity (Wildman–Crippen MR) is 113 cm³/mol. The number of thioether (sulfide) groups is 1. The smallest absolute Gasteiger partial charge is 0.192 e. The Morgan fingerprint density at radius 1 is 1.25 bits per heavy atom. The molecule has 3 rings (SSSR count). The zero-order valence-corrected chi connectivity index (χ0v) is 17.2. The first kappa shape index (κ1) is 20.2. The van der Waals surface area contributed by atoms with Crippen LogP contribution < -0.4 is 4.74 Å². The lowest BCUT2D eigenvalue weighted by Gasteiger charge is -2.13. The number of methoxy groups -OCH3 is 1. The number of Topliss-reactive ketones (excluding diaryl/α,β-unsaturated/α-hetero) is 1. The van der Waals surface area contributed by atoms with E-state index in [1.807, 2.05) is 35.8 Å². The topological polar surface area (TPSA) is 57.0 Å². The molecule has 0 saturated heterocycles. The van der Waals surface area contributed by atoms with E-state index >= 15 is 0 Å². The van der Waals surface area contributed by atoms with Gasteiger partial charge in [-0.25, -0.2) is 0 Å². The molecule has 0 aliphatic heterocycles. The van der Waals surface area contributed by atoms with Crippen molar-refractivity contribution in [3.8, 4) is 17.1 Å². The van der Waals surface area contributed by atoms with Crippen molar-refractivity contribution >= 4 is 29.1 Å². The van der Waals surface area contributed by atoms with Crippen molar-refractivity contribution in [2.24, 2.45) is 0 Å². The lowest BCUT2D eigenvalue weighted by atomic mass is 10.1. The average molecular weight is 414 g/mol. The number of nitrogens with zero attached hydrogens (tertiary/aromatic N) is 3. The molecule has 1 aromatic heterocycles. The molecule has 1 atom stereocenters. The fraction of sp³-hybridized carbons (Fsp3) is 0.190. The lowest BCUT2D eigenvalue weighted by molar-refractivity contribution is 0.0994. The Hall–Kier alpha value is -2.57. The third-order valence-corrected chi connectivity index (χ3v) is 5.49. The molecule has 0 spiro atoms. The van der Waals surface area contributed by atoms with Crippen LogP contribution in [0.3, 0.4) is 0 Å². The van der Waals surface area contributed by atoms with E-state index in [1.165, 1.54) is 11.8 Å². The number of halogens is 1. The summed E-state index contributed by atoms with van der Waals surface area (Å²) in [5.41, 5.74) is 1.45. The number of ketones is 1. The van der Waals surface area contributed by atoms with Crippen molar-refractivity contribution in [1.82, 2.24) is 14.8 Å². The van der Waals surface area contributed by atoms with Crippen molar-refractivity contribution in [2.75, 3.05) is 7.11 Å². The molecule has 0 N–H and O–H groups in total. The Kier molecular flexibility index (Phi) is 6.54. The molecule has 0 radical (unpaired) electrons. The quantitative estimate of drug-likeness (QED) is 0.290. The summed E-state index contributed by atoms with van der Waals surface area (Å²) in [6, 6.07) is 14.5. The number of benzene rings is 2. The third kappa shape index (κ3) is 4.29. The van der Waals surface area contributed by atoms with Gasteiger partial charge < -0.3 is 4.74 Å². The fourth-order valence-corrected chi connectivity index (χ4v) is 3.82. The minimum atomic E-state index is -0.334. The molecule has 0 unspecified atom stereocenters. The number of allylic oxidation sites excluding steroid dienone is 1.